The molecule has 1 aliphatic rings. The number of hydrogen-bond donors (Lipinski definition) is 1. The van der Waals surface area contributed by atoms with Gasteiger partial charge in [-0.1, -0.05) is 0 Å². The summed E-state index contributed by atoms with van der Waals surface area (Å²) in [5.41, 5.74) is 0. The van der Waals surface area contributed by atoms with Crippen molar-refractivity contribution in [2.45, 2.75) is 17.7 Å². The zero-order valence-corrected chi connectivity index (χ0v) is 9.07. The quantitative estimate of drug-likeness (QED) is 0.790. The fourth-order valence-electron chi connectivity index (χ4n) is 1.67. The Balaban J connectivity index is 2.24. The van der Waals surface area contributed by atoms with Crippen LogP contribution in [0.3, 0.4) is 0 Å². The molecule has 6 heteroatoms. The lowest BCUT2D eigenvalue weighted by molar-refractivity contribution is 0.597. The van der Waals surface area contributed by atoms with Crippen LogP contribution in [0.2, 0.25) is 0 Å². The molecule has 1 aliphatic heterocycles. The van der Waals surface area contributed by atoms with Gasteiger partial charge < -0.3 is 4.90 Å². The molecular formula is C9H13N3O2S. The standard InChI is InChI=1S/C9H13N3O2S/c10-15(13,14)8-3-4-9(11-7-8)12-5-1-2-6-12/h3-4,7H,1-2,5-6H2,(H2,10,13,14). The van der Waals surface area contributed by atoms with Gasteiger partial charge in [0, 0.05) is 19.3 Å². The van der Waals surface area contributed by atoms with Crippen molar-refractivity contribution >= 4 is 15.8 Å². The van der Waals surface area contributed by atoms with E-state index in [1.54, 1.807) is 6.07 Å². The van der Waals surface area contributed by atoms with Gasteiger partial charge >= 0.3 is 0 Å². The Morgan fingerprint density at radius 3 is 2.40 bits per heavy atom. The van der Waals surface area contributed by atoms with Crippen molar-refractivity contribution in [3.63, 3.8) is 0 Å². The minimum absolute atomic E-state index is 0.0606. The number of aromatic nitrogens is 1. The number of anilines is 1. The van der Waals surface area contributed by atoms with Gasteiger partial charge in [0.25, 0.3) is 0 Å². The smallest absolute Gasteiger partial charge is 0.239 e. The first kappa shape index (κ1) is 10.4. The maximum Gasteiger partial charge on any atom is 0.239 e. The predicted molar refractivity (Wildman–Crippen MR) is 57.1 cm³/mol. The third kappa shape index (κ3) is 2.27. The fraction of sp³-hybridized carbons (Fsp3) is 0.444. The van der Waals surface area contributed by atoms with E-state index < -0.39 is 10.0 Å². The predicted octanol–water partition coefficient (Wildman–Crippen LogP) is 0.329. The van der Waals surface area contributed by atoms with Crippen LogP contribution in [0, 0.1) is 0 Å². The molecule has 0 amide bonds. The van der Waals surface area contributed by atoms with Crippen molar-refractivity contribution in [2.75, 3.05) is 18.0 Å². The molecular weight excluding hydrogens is 214 g/mol. The Labute approximate surface area is 89.0 Å². The number of nitrogens with two attached hydrogens (primary N) is 1. The van der Waals surface area contributed by atoms with E-state index in [0.29, 0.717) is 0 Å². The summed E-state index contributed by atoms with van der Waals surface area (Å²) in [6, 6.07) is 3.20. The highest BCUT2D eigenvalue weighted by atomic mass is 32.2. The third-order valence-corrected chi connectivity index (χ3v) is 3.38. The molecule has 0 saturated carbocycles. The lowest BCUT2D eigenvalue weighted by Crippen LogP contribution is -2.19. The summed E-state index contributed by atoms with van der Waals surface area (Å²) < 4.78 is 22.0. The van der Waals surface area contributed by atoms with Crippen LogP contribution in [0.25, 0.3) is 0 Å². The van der Waals surface area contributed by atoms with E-state index in [-0.39, 0.29) is 4.90 Å². The second-order valence-corrected chi connectivity index (χ2v) is 5.15. The summed E-state index contributed by atoms with van der Waals surface area (Å²) in [4.78, 5) is 6.29. The van der Waals surface area contributed by atoms with Crippen molar-refractivity contribution in [2.24, 2.45) is 5.14 Å². The summed E-state index contributed by atoms with van der Waals surface area (Å²) in [5.74, 6) is 0.819. The Bertz CT molecular complexity index is 435. The normalized spacial score (nSPS) is 17.0. The molecule has 2 N–H and O–H groups in total. The molecule has 1 aromatic rings. The van der Waals surface area contributed by atoms with E-state index in [1.807, 2.05) is 0 Å². The van der Waals surface area contributed by atoms with Gasteiger partial charge in [-0.3, -0.25) is 0 Å². The van der Waals surface area contributed by atoms with Crippen molar-refractivity contribution in [1.82, 2.24) is 4.98 Å². The van der Waals surface area contributed by atoms with Crippen LogP contribution >= 0.6 is 0 Å². The highest BCUT2D eigenvalue weighted by Crippen LogP contribution is 2.18. The van der Waals surface area contributed by atoms with E-state index in [2.05, 4.69) is 9.88 Å². The fourth-order valence-corrected chi connectivity index (χ4v) is 2.13. The summed E-state index contributed by atoms with van der Waals surface area (Å²) in [6.45, 7) is 1.98. The average Bonchev–Trinajstić information content (AvgIpc) is 2.69. The van der Waals surface area contributed by atoms with Gasteiger partial charge in [0.2, 0.25) is 10.0 Å². The van der Waals surface area contributed by atoms with Crippen LogP contribution in [0.1, 0.15) is 12.8 Å². The molecule has 2 heterocycles. The van der Waals surface area contributed by atoms with Gasteiger partial charge in [-0.05, 0) is 25.0 Å². The SMILES string of the molecule is NS(=O)(=O)c1ccc(N2CCCC2)nc1. The third-order valence-electron chi connectivity index (χ3n) is 2.48. The van der Waals surface area contributed by atoms with Crippen molar-refractivity contribution in [3.8, 4) is 0 Å². The summed E-state index contributed by atoms with van der Waals surface area (Å²) in [7, 11) is -3.62. The van der Waals surface area contributed by atoms with Crippen molar-refractivity contribution in [3.05, 3.63) is 18.3 Å². The first-order valence-electron chi connectivity index (χ1n) is 4.81. The average molecular weight is 227 g/mol. The molecule has 15 heavy (non-hydrogen) atoms. The molecule has 2 rings (SSSR count). The number of sulfonamides is 1. The molecule has 1 fully saturated rings. The highest BCUT2D eigenvalue weighted by molar-refractivity contribution is 7.89. The van der Waals surface area contributed by atoms with E-state index in [9.17, 15) is 8.42 Å². The molecule has 0 spiro atoms. The summed E-state index contributed by atoms with van der Waals surface area (Å²) in [6.07, 6.45) is 3.64. The van der Waals surface area contributed by atoms with E-state index in [4.69, 9.17) is 5.14 Å². The monoisotopic (exact) mass is 227 g/mol. The highest BCUT2D eigenvalue weighted by Gasteiger charge is 2.14. The zero-order chi connectivity index (χ0) is 10.9. The van der Waals surface area contributed by atoms with Crippen LogP contribution in [0.4, 0.5) is 5.82 Å². The molecule has 0 aromatic carbocycles. The minimum atomic E-state index is -3.62. The molecule has 0 aliphatic carbocycles. The largest absolute Gasteiger partial charge is 0.357 e. The van der Waals surface area contributed by atoms with Crippen LogP contribution in [0.5, 0.6) is 0 Å². The second-order valence-electron chi connectivity index (χ2n) is 3.59. The Hall–Kier alpha value is -1.14. The lowest BCUT2D eigenvalue weighted by Gasteiger charge is -2.15. The molecule has 0 atom stereocenters. The van der Waals surface area contributed by atoms with Gasteiger partial charge in [-0.25, -0.2) is 18.5 Å². The first-order chi connectivity index (χ1) is 7.07. The molecule has 0 bridgehead atoms. The van der Waals surface area contributed by atoms with E-state index in [1.165, 1.54) is 25.1 Å². The molecule has 1 aromatic heterocycles. The Kier molecular flexibility index (Phi) is 2.62. The van der Waals surface area contributed by atoms with Gasteiger partial charge in [0.05, 0.1) is 0 Å². The summed E-state index contributed by atoms with van der Waals surface area (Å²) in [5, 5.41) is 4.98. The maximum atomic E-state index is 11.0. The minimum Gasteiger partial charge on any atom is -0.357 e. The van der Waals surface area contributed by atoms with Gasteiger partial charge in [-0.2, -0.15) is 0 Å². The van der Waals surface area contributed by atoms with Gasteiger partial charge in [0.1, 0.15) is 10.7 Å². The lowest BCUT2D eigenvalue weighted by atomic mass is 10.4. The van der Waals surface area contributed by atoms with Gasteiger partial charge in [0.15, 0.2) is 0 Å². The maximum absolute atomic E-state index is 11.0. The number of nitrogens with zero attached hydrogens (tertiary/aromatic N) is 2. The molecule has 0 unspecified atom stereocenters. The second kappa shape index (κ2) is 3.79. The van der Waals surface area contributed by atoms with Crippen LogP contribution in [-0.4, -0.2) is 26.5 Å². The number of pyridine rings is 1. The topological polar surface area (TPSA) is 76.3 Å². The molecule has 5 nitrogen and oxygen atoms in total. The Morgan fingerprint density at radius 1 is 1.27 bits per heavy atom. The van der Waals surface area contributed by atoms with E-state index >= 15 is 0 Å². The molecule has 1 saturated heterocycles. The first-order valence-corrected chi connectivity index (χ1v) is 6.36. The van der Waals surface area contributed by atoms with Crippen molar-refractivity contribution < 1.29 is 8.42 Å². The molecule has 82 valence electrons. The number of primary sulfonamides is 1. The van der Waals surface area contributed by atoms with Crippen molar-refractivity contribution in [1.29, 1.82) is 0 Å². The Morgan fingerprint density at radius 2 is 1.93 bits per heavy atom. The van der Waals surface area contributed by atoms with Gasteiger partial charge in [-0.15, -0.1) is 0 Å². The van der Waals surface area contributed by atoms with E-state index in [0.717, 1.165) is 18.9 Å². The van der Waals surface area contributed by atoms with Crippen LogP contribution in [-0.2, 0) is 10.0 Å². The zero-order valence-electron chi connectivity index (χ0n) is 8.26. The van der Waals surface area contributed by atoms with Crippen LogP contribution in [0.15, 0.2) is 23.2 Å². The molecule has 0 radical (unpaired) electrons. The number of hydrogen-bond acceptors (Lipinski definition) is 4. The summed E-state index contributed by atoms with van der Waals surface area (Å²) >= 11 is 0. The van der Waals surface area contributed by atoms with Crippen LogP contribution < -0.4 is 10.0 Å². The number of rotatable bonds is 2.